The average molecular weight is 390 g/mol. The molecular weight excluding hydrogens is 363 g/mol. The van der Waals surface area contributed by atoms with Crippen molar-refractivity contribution in [3.05, 3.63) is 70.5 Å². The zero-order valence-electron chi connectivity index (χ0n) is 15.8. The normalized spacial score (nSPS) is 30.4. The standard InChI is InChI=1S/C22H27FO5/c1-2-13-3-5-14(6-4-13)9-15-7-8-18(23)17(10-15)22(28)11-16(12-24)19(25)20(26)21(22)27/h3-8,10,16,19-21,24-28H,2,9,11-12H2,1H3/t16-,19-,20+,21-,22-/m1/s1. The van der Waals surface area contributed by atoms with Crippen molar-refractivity contribution in [2.24, 2.45) is 5.92 Å². The molecule has 1 aliphatic rings. The lowest BCUT2D eigenvalue weighted by atomic mass is 9.69. The molecule has 0 aliphatic heterocycles. The molecule has 0 unspecified atom stereocenters. The number of aliphatic hydroxyl groups is 5. The molecule has 2 aromatic rings. The third kappa shape index (κ3) is 3.83. The van der Waals surface area contributed by atoms with Gasteiger partial charge in [-0.3, -0.25) is 0 Å². The quantitative estimate of drug-likeness (QED) is 0.529. The topological polar surface area (TPSA) is 101 Å². The number of hydrogen-bond donors (Lipinski definition) is 5. The van der Waals surface area contributed by atoms with Gasteiger partial charge in [-0.05, 0) is 48.1 Å². The van der Waals surface area contributed by atoms with Gasteiger partial charge in [-0.1, -0.05) is 37.3 Å². The van der Waals surface area contributed by atoms with Crippen LogP contribution in [0.15, 0.2) is 42.5 Å². The van der Waals surface area contributed by atoms with Crippen molar-refractivity contribution < 1.29 is 29.9 Å². The lowest BCUT2D eigenvalue weighted by molar-refractivity contribution is -0.214. The summed E-state index contributed by atoms with van der Waals surface area (Å²) in [5.74, 6) is -1.60. The fourth-order valence-corrected chi connectivity index (χ4v) is 3.97. The van der Waals surface area contributed by atoms with Crippen molar-refractivity contribution in [1.29, 1.82) is 0 Å². The fraction of sp³-hybridized carbons (Fsp3) is 0.455. The molecule has 6 heteroatoms. The molecule has 152 valence electrons. The van der Waals surface area contributed by atoms with Gasteiger partial charge in [0.1, 0.15) is 23.6 Å². The summed E-state index contributed by atoms with van der Waals surface area (Å²) in [6, 6.07) is 12.4. The van der Waals surface area contributed by atoms with Gasteiger partial charge in [-0.2, -0.15) is 0 Å². The molecular formula is C22H27FO5. The minimum Gasteiger partial charge on any atom is -0.396 e. The zero-order chi connectivity index (χ0) is 20.5. The Bertz CT molecular complexity index is 807. The second-order valence-corrected chi connectivity index (χ2v) is 7.66. The molecule has 1 fully saturated rings. The second kappa shape index (κ2) is 8.27. The SMILES string of the molecule is CCc1ccc(Cc2ccc(F)c([C@]3(O)C[C@H](CO)[C@@H](O)[C@H](O)[C@H]3O)c2)cc1. The van der Waals surface area contributed by atoms with Gasteiger partial charge in [-0.15, -0.1) is 0 Å². The van der Waals surface area contributed by atoms with Gasteiger partial charge in [0.05, 0.1) is 6.10 Å². The fourth-order valence-electron chi connectivity index (χ4n) is 3.97. The first kappa shape index (κ1) is 20.9. The predicted molar refractivity (Wildman–Crippen MR) is 102 cm³/mol. The van der Waals surface area contributed by atoms with Crippen molar-refractivity contribution in [3.8, 4) is 0 Å². The molecule has 1 saturated carbocycles. The summed E-state index contributed by atoms with van der Waals surface area (Å²) in [7, 11) is 0. The third-order valence-electron chi connectivity index (χ3n) is 5.79. The highest BCUT2D eigenvalue weighted by Gasteiger charge is 2.53. The van der Waals surface area contributed by atoms with Crippen LogP contribution < -0.4 is 0 Å². The molecule has 5 nitrogen and oxygen atoms in total. The second-order valence-electron chi connectivity index (χ2n) is 7.66. The first-order valence-corrected chi connectivity index (χ1v) is 9.54. The lowest BCUT2D eigenvalue weighted by Gasteiger charge is -2.46. The highest BCUT2D eigenvalue weighted by Crippen LogP contribution is 2.41. The van der Waals surface area contributed by atoms with Crippen LogP contribution in [0.3, 0.4) is 0 Å². The highest BCUT2D eigenvalue weighted by atomic mass is 19.1. The van der Waals surface area contributed by atoms with E-state index in [1.807, 2.05) is 24.3 Å². The van der Waals surface area contributed by atoms with E-state index in [4.69, 9.17) is 0 Å². The lowest BCUT2D eigenvalue weighted by Crippen LogP contribution is -2.60. The number of hydrogen-bond acceptors (Lipinski definition) is 5. The van der Waals surface area contributed by atoms with Gasteiger partial charge in [0.25, 0.3) is 0 Å². The van der Waals surface area contributed by atoms with E-state index in [2.05, 4.69) is 6.92 Å². The summed E-state index contributed by atoms with van der Waals surface area (Å²) in [6.07, 6.45) is -3.69. The minimum absolute atomic E-state index is 0.146. The van der Waals surface area contributed by atoms with E-state index < -0.39 is 42.3 Å². The predicted octanol–water partition coefficient (Wildman–Crippen LogP) is 1.26. The Morgan fingerprint density at radius 1 is 0.964 bits per heavy atom. The maximum absolute atomic E-state index is 14.6. The Labute approximate surface area is 163 Å². The molecule has 0 heterocycles. The number of halogens is 1. The summed E-state index contributed by atoms with van der Waals surface area (Å²) in [5, 5.41) is 51.0. The molecule has 1 aliphatic carbocycles. The number of benzene rings is 2. The Balaban J connectivity index is 1.93. The van der Waals surface area contributed by atoms with Gasteiger partial charge < -0.3 is 25.5 Å². The maximum Gasteiger partial charge on any atom is 0.129 e. The van der Waals surface area contributed by atoms with E-state index in [1.54, 1.807) is 6.07 Å². The minimum atomic E-state index is -2.11. The van der Waals surface area contributed by atoms with Crippen LogP contribution in [0, 0.1) is 11.7 Å². The first-order chi connectivity index (χ1) is 13.3. The van der Waals surface area contributed by atoms with Crippen molar-refractivity contribution in [1.82, 2.24) is 0 Å². The molecule has 5 atom stereocenters. The molecule has 0 amide bonds. The van der Waals surface area contributed by atoms with Crippen LogP contribution in [-0.2, 0) is 18.4 Å². The van der Waals surface area contributed by atoms with Gasteiger partial charge in [0.15, 0.2) is 0 Å². The molecule has 0 saturated heterocycles. The molecule has 5 N–H and O–H groups in total. The van der Waals surface area contributed by atoms with Gasteiger partial charge >= 0.3 is 0 Å². The van der Waals surface area contributed by atoms with E-state index in [1.165, 1.54) is 17.7 Å². The Hall–Kier alpha value is -1.83. The molecule has 0 spiro atoms. The number of aliphatic hydroxyl groups excluding tert-OH is 4. The van der Waals surface area contributed by atoms with Gasteiger partial charge in [-0.25, -0.2) is 4.39 Å². The van der Waals surface area contributed by atoms with E-state index in [-0.39, 0.29) is 12.0 Å². The van der Waals surface area contributed by atoms with Crippen molar-refractivity contribution in [3.63, 3.8) is 0 Å². The van der Waals surface area contributed by atoms with Crippen LogP contribution in [-0.4, -0.2) is 50.5 Å². The summed E-state index contributed by atoms with van der Waals surface area (Å²) < 4.78 is 14.6. The molecule has 3 rings (SSSR count). The summed E-state index contributed by atoms with van der Waals surface area (Å²) in [6.45, 7) is 1.57. The van der Waals surface area contributed by atoms with E-state index >= 15 is 0 Å². The Morgan fingerprint density at radius 3 is 2.18 bits per heavy atom. The van der Waals surface area contributed by atoms with Gasteiger partial charge in [0, 0.05) is 18.1 Å². The summed E-state index contributed by atoms with van der Waals surface area (Å²) >= 11 is 0. The van der Waals surface area contributed by atoms with Crippen LogP contribution in [0.2, 0.25) is 0 Å². The maximum atomic E-state index is 14.6. The third-order valence-corrected chi connectivity index (χ3v) is 5.79. The van der Waals surface area contributed by atoms with Crippen LogP contribution in [0.5, 0.6) is 0 Å². The smallest absolute Gasteiger partial charge is 0.129 e. The molecule has 2 aromatic carbocycles. The zero-order valence-corrected chi connectivity index (χ0v) is 15.8. The molecule has 0 aromatic heterocycles. The van der Waals surface area contributed by atoms with E-state index in [9.17, 15) is 29.9 Å². The molecule has 0 radical (unpaired) electrons. The van der Waals surface area contributed by atoms with E-state index in [0.29, 0.717) is 6.42 Å². The highest BCUT2D eigenvalue weighted by molar-refractivity contribution is 5.36. The first-order valence-electron chi connectivity index (χ1n) is 9.54. The van der Waals surface area contributed by atoms with Crippen molar-refractivity contribution in [2.45, 2.75) is 50.1 Å². The number of rotatable bonds is 5. The van der Waals surface area contributed by atoms with Crippen LogP contribution >= 0.6 is 0 Å². The van der Waals surface area contributed by atoms with Gasteiger partial charge in [0.2, 0.25) is 0 Å². The van der Waals surface area contributed by atoms with Crippen LogP contribution in [0.1, 0.15) is 35.6 Å². The van der Waals surface area contributed by atoms with Crippen LogP contribution in [0.25, 0.3) is 0 Å². The molecule has 0 bridgehead atoms. The van der Waals surface area contributed by atoms with Crippen LogP contribution in [0.4, 0.5) is 4.39 Å². The Kier molecular flexibility index (Phi) is 6.17. The monoisotopic (exact) mass is 390 g/mol. The summed E-state index contributed by atoms with van der Waals surface area (Å²) in [5.41, 5.74) is 0.716. The number of aryl methyl sites for hydroxylation is 1. The molecule has 28 heavy (non-hydrogen) atoms. The average Bonchev–Trinajstić information content (AvgIpc) is 2.71. The largest absolute Gasteiger partial charge is 0.396 e. The van der Waals surface area contributed by atoms with E-state index in [0.717, 1.165) is 17.5 Å². The van der Waals surface area contributed by atoms with Crippen molar-refractivity contribution >= 4 is 0 Å². The van der Waals surface area contributed by atoms with Crippen molar-refractivity contribution in [2.75, 3.05) is 6.61 Å². The summed E-state index contributed by atoms with van der Waals surface area (Å²) in [4.78, 5) is 0. The Morgan fingerprint density at radius 2 is 1.57 bits per heavy atom.